The minimum absolute atomic E-state index is 0.0887. The molecule has 5 nitrogen and oxygen atoms in total. The molecule has 2 aliphatic rings. The van der Waals surface area contributed by atoms with E-state index >= 15 is 0 Å². The molecule has 5 heteroatoms. The van der Waals surface area contributed by atoms with Crippen LogP contribution < -0.4 is 0 Å². The molecule has 1 heterocycles. The zero-order valence-electron chi connectivity index (χ0n) is 10.1. The summed E-state index contributed by atoms with van der Waals surface area (Å²) in [6.45, 7) is 3.02. The van der Waals surface area contributed by atoms with E-state index in [0.29, 0.717) is 13.1 Å². The number of hydrogen-bond donors (Lipinski definition) is 1. The lowest BCUT2D eigenvalue weighted by Crippen LogP contribution is -2.41. The van der Waals surface area contributed by atoms with Crippen LogP contribution in [0.1, 0.15) is 25.7 Å². The van der Waals surface area contributed by atoms with Crippen molar-refractivity contribution in [3.8, 4) is 0 Å². The fourth-order valence-corrected chi connectivity index (χ4v) is 2.45. The lowest BCUT2D eigenvalue weighted by atomic mass is 9.84. The Morgan fingerprint density at radius 1 is 1.06 bits per heavy atom. The van der Waals surface area contributed by atoms with Crippen molar-refractivity contribution in [3.63, 3.8) is 0 Å². The number of carbonyl (C=O) groups is 2. The number of carboxylic acid groups (broad SMARTS) is 1. The summed E-state index contributed by atoms with van der Waals surface area (Å²) in [6, 6.07) is 0. The van der Waals surface area contributed by atoms with Crippen molar-refractivity contribution < 1.29 is 14.7 Å². The van der Waals surface area contributed by atoms with Gasteiger partial charge in [-0.15, -0.1) is 0 Å². The summed E-state index contributed by atoms with van der Waals surface area (Å²) in [7, 11) is 0. The number of amides is 1. The van der Waals surface area contributed by atoms with Crippen LogP contribution in [0.3, 0.4) is 0 Å². The van der Waals surface area contributed by atoms with E-state index in [4.69, 9.17) is 5.11 Å². The van der Waals surface area contributed by atoms with Gasteiger partial charge in [-0.25, -0.2) is 0 Å². The topological polar surface area (TPSA) is 60.9 Å². The van der Waals surface area contributed by atoms with E-state index < -0.39 is 5.97 Å². The Kier molecular flexibility index (Phi) is 3.99. The minimum atomic E-state index is -0.788. The third-order valence-corrected chi connectivity index (χ3v) is 3.71. The van der Waals surface area contributed by atoms with E-state index in [2.05, 4.69) is 0 Å². The van der Waals surface area contributed by atoms with Crippen LogP contribution in [0.5, 0.6) is 0 Å². The van der Waals surface area contributed by atoms with E-state index in [0.717, 1.165) is 32.4 Å². The number of carboxylic acids is 1. The van der Waals surface area contributed by atoms with E-state index in [-0.39, 0.29) is 18.4 Å². The monoisotopic (exact) mass is 240 g/mol. The molecule has 0 radical (unpaired) electrons. The molecule has 1 amide bonds. The zero-order valence-corrected chi connectivity index (χ0v) is 10.1. The van der Waals surface area contributed by atoms with Gasteiger partial charge in [-0.3, -0.25) is 14.5 Å². The molecule has 0 atom stereocenters. The molecule has 0 spiro atoms. The van der Waals surface area contributed by atoms with E-state index in [1.165, 1.54) is 6.42 Å². The van der Waals surface area contributed by atoms with Crippen molar-refractivity contribution in [2.24, 2.45) is 5.92 Å². The number of nitrogens with zero attached hydrogens (tertiary/aromatic N) is 2. The molecule has 2 rings (SSSR count). The Morgan fingerprint density at radius 2 is 1.82 bits per heavy atom. The summed E-state index contributed by atoms with van der Waals surface area (Å²) in [5, 5.41) is 8.75. The molecule has 0 bridgehead atoms. The lowest BCUT2D eigenvalue weighted by molar-refractivity contribution is -0.138. The van der Waals surface area contributed by atoms with Gasteiger partial charge in [-0.2, -0.15) is 0 Å². The summed E-state index contributed by atoms with van der Waals surface area (Å²) < 4.78 is 0. The van der Waals surface area contributed by atoms with E-state index in [9.17, 15) is 9.59 Å². The average molecular weight is 240 g/mol. The fraction of sp³-hybridized carbons (Fsp3) is 0.833. The predicted octanol–water partition coefficient (Wildman–Crippen LogP) is 0.405. The number of rotatable bonds is 3. The number of aliphatic carboxylic acids is 1. The largest absolute Gasteiger partial charge is 0.480 e. The van der Waals surface area contributed by atoms with Gasteiger partial charge < -0.3 is 10.0 Å². The summed E-state index contributed by atoms with van der Waals surface area (Å²) in [5.74, 6) is -0.252. The predicted molar refractivity (Wildman–Crippen MR) is 62.6 cm³/mol. The molecule has 1 N–H and O–H groups in total. The van der Waals surface area contributed by atoms with Gasteiger partial charge in [-0.05, 0) is 19.3 Å². The molecular formula is C12H20N2O3. The molecule has 0 aromatic rings. The maximum absolute atomic E-state index is 12.1. The lowest BCUT2D eigenvalue weighted by Gasteiger charge is -2.30. The highest BCUT2D eigenvalue weighted by Gasteiger charge is 2.30. The third kappa shape index (κ3) is 3.19. The van der Waals surface area contributed by atoms with Gasteiger partial charge in [0, 0.05) is 32.1 Å². The van der Waals surface area contributed by atoms with Crippen molar-refractivity contribution in [1.82, 2.24) is 9.80 Å². The Bertz CT molecular complexity index is 302. The highest BCUT2D eigenvalue weighted by atomic mass is 16.4. The third-order valence-electron chi connectivity index (χ3n) is 3.71. The first-order valence-corrected chi connectivity index (χ1v) is 6.40. The quantitative estimate of drug-likeness (QED) is 0.776. The molecule has 1 saturated heterocycles. The molecule has 0 aromatic heterocycles. The highest BCUT2D eigenvalue weighted by Crippen LogP contribution is 2.28. The van der Waals surface area contributed by atoms with Gasteiger partial charge in [0.1, 0.15) is 0 Å². The van der Waals surface area contributed by atoms with Crippen LogP contribution in [0.2, 0.25) is 0 Å². The highest BCUT2D eigenvalue weighted by molar-refractivity contribution is 5.79. The summed E-state index contributed by atoms with van der Waals surface area (Å²) in [4.78, 5) is 26.5. The Balaban J connectivity index is 1.82. The molecule has 96 valence electrons. The second-order valence-electron chi connectivity index (χ2n) is 4.98. The van der Waals surface area contributed by atoms with Crippen LogP contribution in [0.25, 0.3) is 0 Å². The fourth-order valence-electron chi connectivity index (χ4n) is 2.45. The summed E-state index contributed by atoms with van der Waals surface area (Å²) in [6.07, 6.45) is 4.13. The van der Waals surface area contributed by atoms with Crippen LogP contribution in [-0.2, 0) is 9.59 Å². The zero-order chi connectivity index (χ0) is 12.3. The molecule has 1 aliphatic carbocycles. The maximum Gasteiger partial charge on any atom is 0.317 e. The van der Waals surface area contributed by atoms with Gasteiger partial charge >= 0.3 is 5.97 Å². The first-order valence-electron chi connectivity index (χ1n) is 6.40. The molecule has 0 aromatic carbocycles. The van der Waals surface area contributed by atoms with Crippen molar-refractivity contribution in [2.45, 2.75) is 25.7 Å². The summed E-state index contributed by atoms with van der Waals surface area (Å²) >= 11 is 0. The maximum atomic E-state index is 12.1. The van der Waals surface area contributed by atoms with Crippen molar-refractivity contribution in [3.05, 3.63) is 0 Å². The first-order chi connectivity index (χ1) is 8.16. The van der Waals surface area contributed by atoms with Crippen molar-refractivity contribution >= 4 is 11.9 Å². The normalized spacial score (nSPS) is 22.9. The second-order valence-corrected chi connectivity index (χ2v) is 4.98. The van der Waals surface area contributed by atoms with Crippen LogP contribution >= 0.6 is 0 Å². The van der Waals surface area contributed by atoms with Crippen molar-refractivity contribution in [2.75, 3.05) is 32.7 Å². The average Bonchev–Trinajstić information content (AvgIpc) is 2.39. The van der Waals surface area contributed by atoms with Crippen LogP contribution in [0, 0.1) is 5.92 Å². The molecule has 0 unspecified atom stereocenters. The molecular weight excluding hydrogens is 220 g/mol. The molecule has 1 saturated carbocycles. The smallest absolute Gasteiger partial charge is 0.317 e. The van der Waals surface area contributed by atoms with Gasteiger partial charge in [0.25, 0.3) is 0 Å². The number of carbonyl (C=O) groups excluding carboxylic acids is 1. The minimum Gasteiger partial charge on any atom is -0.480 e. The summed E-state index contributed by atoms with van der Waals surface area (Å²) in [5.41, 5.74) is 0. The van der Waals surface area contributed by atoms with Crippen LogP contribution in [0.4, 0.5) is 0 Å². The van der Waals surface area contributed by atoms with Crippen molar-refractivity contribution in [1.29, 1.82) is 0 Å². The SMILES string of the molecule is O=C(O)CN1CCCN(C(=O)C2CCC2)CC1. The van der Waals surface area contributed by atoms with E-state index in [1.807, 2.05) is 9.80 Å². The van der Waals surface area contributed by atoms with Gasteiger partial charge in [0.05, 0.1) is 6.54 Å². The Labute approximate surface area is 101 Å². The molecule has 1 aliphatic heterocycles. The number of hydrogen-bond acceptors (Lipinski definition) is 3. The molecule has 2 fully saturated rings. The van der Waals surface area contributed by atoms with Crippen LogP contribution in [0.15, 0.2) is 0 Å². The standard InChI is InChI=1S/C12H20N2O3/c15-11(16)9-13-5-2-6-14(8-7-13)12(17)10-3-1-4-10/h10H,1-9H2,(H,15,16). The van der Waals surface area contributed by atoms with Gasteiger partial charge in [-0.1, -0.05) is 6.42 Å². The second kappa shape index (κ2) is 5.49. The van der Waals surface area contributed by atoms with Gasteiger partial charge in [0.2, 0.25) is 5.91 Å². The van der Waals surface area contributed by atoms with Crippen LogP contribution in [-0.4, -0.2) is 59.5 Å². The Hall–Kier alpha value is -1.10. The molecule has 17 heavy (non-hydrogen) atoms. The van der Waals surface area contributed by atoms with E-state index in [1.54, 1.807) is 0 Å². The Morgan fingerprint density at radius 3 is 2.41 bits per heavy atom. The first kappa shape index (κ1) is 12.4. The van der Waals surface area contributed by atoms with Gasteiger partial charge in [0.15, 0.2) is 0 Å².